The summed E-state index contributed by atoms with van der Waals surface area (Å²) in [6.07, 6.45) is 9.08. The van der Waals surface area contributed by atoms with Crippen molar-refractivity contribution in [3.05, 3.63) is 0 Å². The van der Waals surface area contributed by atoms with Crippen molar-refractivity contribution in [3.8, 4) is 0 Å². The van der Waals surface area contributed by atoms with Crippen molar-refractivity contribution in [3.63, 3.8) is 0 Å². The van der Waals surface area contributed by atoms with E-state index in [2.05, 4.69) is 25.7 Å². The second kappa shape index (κ2) is 7.03. The first-order chi connectivity index (χ1) is 14.7. The molecule has 6 rings (SSSR count). The number of ketones is 1. The first-order valence-corrected chi connectivity index (χ1v) is 13.4. The second-order valence-corrected chi connectivity index (χ2v) is 13.2. The number of aliphatic hydroxyl groups excluding tert-OH is 1. The van der Waals surface area contributed by atoms with E-state index < -0.39 is 5.60 Å². The maximum atomic E-state index is 13.2. The van der Waals surface area contributed by atoms with Gasteiger partial charge in [0, 0.05) is 31.5 Å². The molecule has 0 bridgehead atoms. The Kier molecular flexibility index (Phi) is 4.78. The van der Waals surface area contributed by atoms with E-state index in [4.69, 9.17) is 0 Å². The van der Waals surface area contributed by atoms with Gasteiger partial charge in [0.1, 0.15) is 5.78 Å². The lowest BCUT2D eigenvalue weighted by molar-refractivity contribution is -0.175. The third-order valence-corrected chi connectivity index (χ3v) is 11.8. The van der Waals surface area contributed by atoms with Gasteiger partial charge in [-0.05, 0) is 105 Å². The standard InChI is InChI=1S/C27H43NO3/c1-15-4-7-25-27(3,31)21-6-5-17-18(20(21)14-28(25)13-15)11-22-19(17)12-24(30)23-10-16(29)8-9-26(22,23)2/h15-23,25,29,31H,4-14H2,1-3H3/t15-,16-,17+,18+,19+,20-,21-,22-,23+,25-,26+,27-/m0/s1. The van der Waals surface area contributed by atoms with Crippen molar-refractivity contribution < 1.29 is 15.0 Å². The van der Waals surface area contributed by atoms with E-state index >= 15 is 0 Å². The van der Waals surface area contributed by atoms with Crippen LogP contribution in [0.3, 0.4) is 0 Å². The van der Waals surface area contributed by atoms with Gasteiger partial charge in [0.2, 0.25) is 0 Å². The van der Waals surface area contributed by atoms with Crippen LogP contribution in [0.25, 0.3) is 0 Å². The first kappa shape index (κ1) is 21.1. The van der Waals surface area contributed by atoms with Crippen LogP contribution in [0.15, 0.2) is 0 Å². The summed E-state index contributed by atoms with van der Waals surface area (Å²) in [6, 6.07) is 0.341. The van der Waals surface area contributed by atoms with Crippen LogP contribution >= 0.6 is 0 Å². The van der Waals surface area contributed by atoms with E-state index in [-0.39, 0.29) is 17.4 Å². The SMILES string of the molecule is C[C@H]1CC[C@@H]2N(C1)C[C@H]1[C@@H]3C[C@H]4[C@H](CC(=O)[C@H]5C[C@@H](O)CC[C@@]54C)[C@@H]3CC[C@@H]1[C@]2(C)O. The highest BCUT2D eigenvalue weighted by molar-refractivity contribution is 5.83. The molecule has 2 N–H and O–H groups in total. The molecule has 0 aromatic heterocycles. The van der Waals surface area contributed by atoms with Crippen molar-refractivity contribution in [2.45, 2.75) is 96.3 Å². The average Bonchev–Trinajstić information content (AvgIpc) is 3.09. The molecule has 2 saturated heterocycles. The number of piperidine rings is 2. The number of aliphatic hydroxyl groups is 2. The minimum Gasteiger partial charge on any atom is -0.393 e. The molecule has 12 atom stereocenters. The highest BCUT2D eigenvalue weighted by Gasteiger charge is 2.64. The van der Waals surface area contributed by atoms with Crippen LogP contribution in [-0.4, -0.2) is 51.7 Å². The topological polar surface area (TPSA) is 60.8 Å². The molecule has 2 aliphatic heterocycles. The fourth-order valence-electron chi connectivity index (χ4n) is 10.4. The molecule has 6 fully saturated rings. The molecule has 0 unspecified atom stereocenters. The Balaban J connectivity index is 1.31. The van der Waals surface area contributed by atoms with Gasteiger partial charge in [-0.1, -0.05) is 13.8 Å². The van der Waals surface area contributed by atoms with Crippen molar-refractivity contribution in [2.24, 2.45) is 52.8 Å². The van der Waals surface area contributed by atoms with Gasteiger partial charge >= 0.3 is 0 Å². The van der Waals surface area contributed by atoms with Gasteiger partial charge in [-0.3, -0.25) is 9.69 Å². The minimum absolute atomic E-state index is 0.0789. The summed E-state index contributed by atoms with van der Waals surface area (Å²) >= 11 is 0. The first-order valence-electron chi connectivity index (χ1n) is 13.4. The molecule has 4 heteroatoms. The summed E-state index contributed by atoms with van der Waals surface area (Å²) in [6.45, 7) is 9.23. The molecule has 0 radical (unpaired) electrons. The lowest BCUT2D eigenvalue weighted by Gasteiger charge is -2.59. The van der Waals surface area contributed by atoms with Gasteiger partial charge < -0.3 is 10.2 Å². The van der Waals surface area contributed by atoms with Crippen LogP contribution in [0, 0.1) is 52.8 Å². The van der Waals surface area contributed by atoms with Crippen molar-refractivity contribution in [2.75, 3.05) is 13.1 Å². The summed E-state index contributed by atoms with van der Waals surface area (Å²) in [5.74, 6) is 4.82. The highest BCUT2D eigenvalue weighted by Crippen LogP contribution is 2.66. The molecule has 0 aromatic rings. The normalized spacial score (nSPS) is 59.2. The lowest BCUT2D eigenvalue weighted by atomic mass is 9.51. The van der Waals surface area contributed by atoms with E-state index in [0.717, 1.165) is 44.6 Å². The van der Waals surface area contributed by atoms with Crippen LogP contribution in [0.1, 0.15) is 78.6 Å². The summed E-state index contributed by atoms with van der Waals surface area (Å²) in [7, 11) is 0. The van der Waals surface area contributed by atoms with E-state index in [1.54, 1.807) is 0 Å². The number of hydrogen-bond acceptors (Lipinski definition) is 4. The quantitative estimate of drug-likeness (QED) is 0.613. The molecular weight excluding hydrogens is 386 g/mol. The molecule has 2 heterocycles. The van der Waals surface area contributed by atoms with E-state index in [0.29, 0.717) is 53.8 Å². The molecule has 6 aliphatic rings. The molecule has 4 saturated carbocycles. The molecule has 31 heavy (non-hydrogen) atoms. The maximum Gasteiger partial charge on any atom is 0.136 e. The largest absolute Gasteiger partial charge is 0.393 e. The summed E-state index contributed by atoms with van der Waals surface area (Å²) < 4.78 is 0. The average molecular weight is 430 g/mol. The Hall–Kier alpha value is -0.450. The van der Waals surface area contributed by atoms with Gasteiger partial charge in [-0.2, -0.15) is 0 Å². The number of Topliss-reactive ketones (excluding diaryl/α,β-unsaturated/α-hetero) is 1. The Bertz CT molecular complexity index is 751. The molecule has 4 nitrogen and oxygen atoms in total. The number of carbonyl (C=O) groups is 1. The maximum absolute atomic E-state index is 13.2. The van der Waals surface area contributed by atoms with E-state index in [1.165, 1.54) is 25.8 Å². The zero-order chi connectivity index (χ0) is 21.7. The molecule has 0 amide bonds. The van der Waals surface area contributed by atoms with Crippen LogP contribution in [0.2, 0.25) is 0 Å². The van der Waals surface area contributed by atoms with Crippen molar-refractivity contribution in [1.29, 1.82) is 0 Å². The number of nitrogens with zero attached hydrogens (tertiary/aromatic N) is 1. The van der Waals surface area contributed by atoms with Crippen LogP contribution in [-0.2, 0) is 4.79 Å². The van der Waals surface area contributed by atoms with E-state index in [1.807, 2.05) is 0 Å². The lowest BCUT2D eigenvalue weighted by Crippen LogP contribution is -2.67. The second-order valence-electron chi connectivity index (χ2n) is 13.2. The van der Waals surface area contributed by atoms with Crippen LogP contribution < -0.4 is 0 Å². The number of fused-ring (bicyclic) bond motifs is 8. The van der Waals surface area contributed by atoms with Crippen LogP contribution in [0.4, 0.5) is 0 Å². The fraction of sp³-hybridized carbons (Fsp3) is 0.963. The van der Waals surface area contributed by atoms with Crippen LogP contribution in [0.5, 0.6) is 0 Å². The Labute approximate surface area is 188 Å². The Morgan fingerprint density at radius 3 is 2.52 bits per heavy atom. The fourth-order valence-corrected chi connectivity index (χ4v) is 10.4. The predicted octanol–water partition coefficient (Wildman–Crippen LogP) is 3.89. The minimum atomic E-state index is -0.570. The smallest absolute Gasteiger partial charge is 0.136 e. The molecule has 174 valence electrons. The number of carbonyl (C=O) groups excluding carboxylic acids is 1. The third-order valence-electron chi connectivity index (χ3n) is 11.8. The van der Waals surface area contributed by atoms with Gasteiger partial charge in [0.15, 0.2) is 0 Å². The number of hydrogen-bond donors (Lipinski definition) is 2. The Morgan fingerprint density at radius 1 is 0.903 bits per heavy atom. The van der Waals surface area contributed by atoms with Gasteiger partial charge in [-0.15, -0.1) is 0 Å². The molecule has 4 aliphatic carbocycles. The molecule has 0 spiro atoms. The summed E-state index contributed by atoms with van der Waals surface area (Å²) in [5.41, 5.74) is -0.482. The predicted molar refractivity (Wildman–Crippen MR) is 120 cm³/mol. The number of rotatable bonds is 0. The monoisotopic (exact) mass is 429 g/mol. The molecule has 0 aromatic carbocycles. The zero-order valence-electron chi connectivity index (χ0n) is 19.8. The highest BCUT2D eigenvalue weighted by atomic mass is 16.3. The molecular formula is C27H43NO3. The van der Waals surface area contributed by atoms with Gasteiger partial charge in [-0.25, -0.2) is 0 Å². The van der Waals surface area contributed by atoms with Crippen molar-refractivity contribution >= 4 is 5.78 Å². The van der Waals surface area contributed by atoms with E-state index in [9.17, 15) is 15.0 Å². The summed E-state index contributed by atoms with van der Waals surface area (Å²) in [5, 5.41) is 22.1. The van der Waals surface area contributed by atoms with Gasteiger partial charge in [0.05, 0.1) is 11.7 Å². The third kappa shape index (κ3) is 2.93. The van der Waals surface area contributed by atoms with Gasteiger partial charge in [0.25, 0.3) is 0 Å². The Morgan fingerprint density at radius 2 is 1.71 bits per heavy atom. The van der Waals surface area contributed by atoms with Crippen molar-refractivity contribution in [1.82, 2.24) is 4.90 Å². The zero-order valence-corrected chi connectivity index (χ0v) is 19.8. The summed E-state index contributed by atoms with van der Waals surface area (Å²) in [4.78, 5) is 15.9.